The van der Waals surface area contributed by atoms with E-state index in [0.717, 1.165) is 41.2 Å². The SMILES string of the molecule is Cc1nc(CCC(=O)N2CCC3(CC2)OCCc2cnc(N)nc23)cs1. The molecule has 0 aromatic carbocycles. The number of fused-ring (bicyclic) bond motifs is 2. The number of aryl methyl sites for hydroxylation is 2. The normalized spacial score (nSPS) is 18.7. The predicted molar refractivity (Wildman–Crippen MR) is 98.8 cm³/mol. The van der Waals surface area contributed by atoms with Gasteiger partial charge < -0.3 is 15.4 Å². The molecule has 8 heteroatoms. The first-order valence-corrected chi connectivity index (χ1v) is 9.88. The first-order valence-electron chi connectivity index (χ1n) is 9.00. The van der Waals surface area contributed by atoms with Crippen LogP contribution in [0.2, 0.25) is 0 Å². The number of thiazole rings is 1. The highest BCUT2D eigenvalue weighted by Crippen LogP contribution is 2.40. The van der Waals surface area contributed by atoms with Crippen LogP contribution in [0.1, 0.15) is 41.2 Å². The number of hydrogen-bond donors (Lipinski definition) is 1. The van der Waals surface area contributed by atoms with Gasteiger partial charge in [0, 0.05) is 31.1 Å². The van der Waals surface area contributed by atoms with Crippen LogP contribution in [0.25, 0.3) is 0 Å². The van der Waals surface area contributed by atoms with Crippen molar-refractivity contribution in [3.05, 3.63) is 33.5 Å². The van der Waals surface area contributed by atoms with E-state index in [4.69, 9.17) is 10.5 Å². The third-order valence-corrected chi connectivity index (χ3v) is 6.07. The minimum absolute atomic E-state index is 0.184. The fourth-order valence-corrected chi connectivity index (χ4v) is 4.48. The highest BCUT2D eigenvalue weighted by atomic mass is 32.1. The van der Waals surface area contributed by atoms with E-state index in [9.17, 15) is 4.79 Å². The first-order chi connectivity index (χ1) is 12.6. The maximum absolute atomic E-state index is 12.6. The molecule has 7 nitrogen and oxygen atoms in total. The number of anilines is 1. The van der Waals surface area contributed by atoms with Crippen molar-refractivity contribution in [3.8, 4) is 0 Å². The van der Waals surface area contributed by atoms with Gasteiger partial charge in [-0.1, -0.05) is 0 Å². The largest absolute Gasteiger partial charge is 0.368 e. The summed E-state index contributed by atoms with van der Waals surface area (Å²) in [7, 11) is 0. The molecule has 0 unspecified atom stereocenters. The molecule has 0 bridgehead atoms. The maximum Gasteiger partial charge on any atom is 0.222 e. The molecule has 0 radical (unpaired) electrons. The molecule has 1 spiro atoms. The van der Waals surface area contributed by atoms with Crippen molar-refractivity contribution in [2.75, 3.05) is 25.4 Å². The Balaban J connectivity index is 1.40. The number of nitrogen functional groups attached to an aromatic ring is 1. The summed E-state index contributed by atoms with van der Waals surface area (Å²) in [6.45, 7) is 4.01. The van der Waals surface area contributed by atoms with Crippen LogP contribution in [0.3, 0.4) is 0 Å². The number of carbonyl (C=O) groups excluding carboxylic acids is 1. The Bertz CT molecular complexity index is 814. The van der Waals surface area contributed by atoms with Gasteiger partial charge in [-0.3, -0.25) is 4.79 Å². The highest BCUT2D eigenvalue weighted by Gasteiger charge is 2.43. The van der Waals surface area contributed by atoms with Crippen LogP contribution in [-0.2, 0) is 28.0 Å². The number of hydrogen-bond acceptors (Lipinski definition) is 7. The molecule has 2 aromatic rings. The van der Waals surface area contributed by atoms with Crippen molar-refractivity contribution >= 4 is 23.2 Å². The van der Waals surface area contributed by atoms with Crippen LogP contribution in [0.4, 0.5) is 5.95 Å². The van der Waals surface area contributed by atoms with Crippen molar-refractivity contribution in [3.63, 3.8) is 0 Å². The molecule has 2 aliphatic heterocycles. The molecule has 0 atom stereocenters. The molecular weight excluding hydrogens is 350 g/mol. The number of nitrogens with two attached hydrogens (primary N) is 1. The Morgan fingerprint density at radius 2 is 2.19 bits per heavy atom. The summed E-state index contributed by atoms with van der Waals surface area (Å²) in [6.07, 6.45) is 5.33. The molecule has 2 aromatic heterocycles. The number of likely N-dealkylation sites (tertiary alicyclic amines) is 1. The minimum Gasteiger partial charge on any atom is -0.368 e. The zero-order valence-corrected chi connectivity index (χ0v) is 15.7. The van der Waals surface area contributed by atoms with E-state index in [1.807, 2.05) is 23.4 Å². The summed E-state index contributed by atoms with van der Waals surface area (Å²) in [6, 6.07) is 0. The third-order valence-electron chi connectivity index (χ3n) is 5.25. The number of carbonyl (C=O) groups is 1. The van der Waals surface area contributed by atoms with Gasteiger partial charge in [-0.25, -0.2) is 15.0 Å². The fourth-order valence-electron chi connectivity index (χ4n) is 3.84. The van der Waals surface area contributed by atoms with E-state index >= 15 is 0 Å². The summed E-state index contributed by atoms with van der Waals surface area (Å²) in [5.41, 5.74) is 8.41. The molecule has 4 heterocycles. The Kier molecular flexibility index (Phi) is 4.62. The lowest BCUT2D eigenvalue weighted by Gasteiger charge is -2.44. The smallest absolute Gasteiger partial charge is 0.222 e. The number of ether oxygens (including phenoxy) is 1. The average molecular weight is 373 g/mol. The summed E-state index contributed by atoms with van der Waals surface area (Å²) in [4.78, 5) is 27.5. The fraction of sp³-hybridized carbons (Fsp3) is 0.556. The Labute approximate surface area is 156 Å². The van der Waals surface area contributed by atoms with Gasteiger partial charge in [0.2, 0.25) is 11.9 Å². The Hall–Kier alpha value is -2.06. The van der Waals surface area contributed by atoms with Gasteiger partial charge in [0.25, 0.3) is 0 Å². The molecule has 1 fully saturated rings. The minimum atomic E-state index is -0.423. The second kappa shape index (κ2) is 6.92. The molecule has 4 rings (SSSR count). The van der Waals surface area contributed by atoms with Crippen LogP contribution >= 0.6 is 11.3 Å². The van der Waals surface area contributed by atoms with E-state index in [0.29, 0.717) is 32.5 Å². The van der Waals surface area contributed by atoms with Gasteiger partial charge >= 0.3 is 0 Å². The lowest BCUT2D eigenvalue weighted by Crippen LogP contribution is -2.49. The van der Waals surface area contributed by atoms with Crippen LogP contribution in [-0.4, -0.2) is 45.5 Å². The summed E-state index contributed by atoms with van der Waals surface area (Å²) in [5.74, 6) is 0.467. The van der Waals surface area contributed by atoms with Gasteiger partial charge in [-0.15, -0.1) is 11.3 Å². The van der Waals surface area contributed by atoms with E-state index in [1.165, 1.54) is 0 Å². The quantitative estimate of drug-likeness (QED) is 0.882. The highest BCUT2D eigenvalue weighted by molar-refractivity contribution is 7.09. The summed E-state index contributed by atoms with van der Waals surface area (Å²) >= 11 is 1.63. The van der Waals surface area contributed by atoms with E-state index in [1.54, 1.807) is 11.3 Å². The van der Waals surface area contributed by atoms with Crippen molar-refractivity contribution < 1.29 is 9.53 Å². The van der Waals surface area contributed by atoms with Gasteiger partial charge in [0.05, 0.1) is 23.0 Å². The van der Waals surface area contributed by atoms with Crippen molar-refractivity contribution in [1.29, 1.82) is 0 Å². The van der Waals surface area contributed by atoms with Crippen LogP contribution in [0.5, 0.6) is 0 Å². The van der Waals surface area contributed by atoms with Gasteiger partial charge in [0.1, 0.15) is 5.60 Å². The van der Waals surface area contributed by atoms with E-state index < -0.39 is 5.60 Å². The van der Waals surface area contributed by atoms with Crippen LogP contribution in [0.15, 0.2) is 11.6 Å². The number of aromatic nitrogens is 3. The zero-order chi connectivity index (χ0) is 18.1. The van der Waals surface area contributed by atoms with Gasteiger partial charge in [-0.2, -0.15) is 0 Å². The van der Waals surface area contributed by atoms with Crippen LogP contribution < -0.4 is 5.73 Å². The second-order valence-electron chi connectivity index (χ2n) is 6.93. The monoisotopic (exact) mass is 373 g/mol. The lowest BCUT2D eigenvalue weighted by molar-refractivity contribution is -0.141. The number of piperidine rings is 1. The molecule has 0 saturated carbocycles. The standard InChI is InChI=1S/C18H23N5O2S/c1-12-21-14(11-26-12)2-3-15(24)23-7-5-18(6-8-23)16-13(4-9-25-18)10-20-17(19)22-16/h10-11H,2-9H2,1H3,(H2,19,20,22). The molecule has 2 aliphatic rings. The molecular formula is C18H23N5O2S. The molecule has 26 heavy (non-hydrogen) atoms. The number of nitrogens with zero attached hydrogens (tertiary/aromatic N) is 4. The van der Waals surface area contributed by atoms with Crippen molar-refractivity contribution in [2.45, 2.75) is 44.6 Å². The Morgan fingerprint density at radius 3 is 2.92 bits per heavy atom. The summed E-state index contributed by atoms with van der Waals surface area (Å²) in [5, 5.41) is 3.08. The molecule has 138 valence electrons. The van der Waals surface area contributed by atoms with Gasteiger partial charge in [0.15, 0.2) is 0 Å². The molecule has 2 N–H and O–H groups in total. The molecule has 0 aliphatic carbocycles. The molecule has 1 saturated heterocycles. The van der Waals surface area contributed by atoms with E-state index in [-0.39, 0.29) is 11.9 Å². The van der Waals surface area contributed by atoms with Crippen LogP contribution in [0, 0.1) is 6.92 Å². The molecule has 1 amide bonds. The number of amides is 1. The second-order valence-corrected chi connectivity index (χ2v) is 8.00. The Morgan fingerprint density at radius 1 is 1.38 bits per heavy atom. The maximum atomic E-state index is 12.6. The summed E-state index contributed by atoms with van der Waals surface area (Å²) < 4.78 is 6.16. The first kappa shape index (κ1) is 17.4. The van der Waals surface area contributed by atoms with Crippen molar-refractivity contribution in [2.24, 2.45) is 0 Å². The third kappa shape index (κ3) is 3.31. The van der Waals surface area contributed by atoms with Crippen molar-refractivity contribution in [1.82, 2.24) is 19.9 Å². The predicted octanol–water partition coefficient (Wildman–Crippen LogP) is 1.85. The number of rotatable bonds is 3. The lowest BCUT2D eigenvalue weighted by atomic mass is 9.83. The topological polar surface area (TPSA) is 94.2 Å². The average Bonchev–Trinajstić information content (AvgIpc) is 3.06. The zero-order valence-electron chi connectivity index (χ0n) is 14.9. The van der Waals surface area contributed by atoms with Gasteiger partial charge in [-0.05, 0) is 38.2 Å². The van der Waals surface area contributed by atoms with E-state index in [2.05, 4.69) is 15.0 Å².